The molecule has 4 N–H and O–H groups in total. The molecule has 4 nitrogen and oxygen atoms in total. The average Bonchev–Trinajstić information content (AvgIpc) is 2.78. The van der Waals surface area contributed by atoms with Gasteiger partial charge in [-0.2, -0.15) is 0 Å². The maximum Gasteiger partial charge on any atom is 0.125 e. The number of nitrogens with two attached hydrogens (primary N) is 1. The molecule has 16 heavy (non-hydrogen) atoms. The van der Waals surface area contributed by atoms with Gasteiger partial charge in [0.05, 0.1) is 24.5 Å². The van der Waals surface area contributed by atoms with Gasteiger partial charge in [0.2, 0.25) is 0 Å². The minimum atomic E-state index is -0.454. The number of imidazole rings is 1. The van der Waals surface area contributed by atoms with Gasteiger partial charge in [-0.3, -0.25) is 0 Å². The fourth-order valence-corrected chi connectivity index (χ4v) is 1.65. The van der Waals surface area contributed by atoms with Crippen molar-refractivity contribution in [2.45, 2.75) is 6.04 Å². The number of hydrogen-bond donors (Lipinski definition) is 3. The van der Waals surface area contributed by atoms with Gasteiger partial charge in [0.15, 0.2) is 0 Å². The van der Waals surface area contributed by atoms with Crippen molar-refractivity contribution >= 4 is 15.9 Å². The fourth-order valence-electron chi connectivity index (χ4n) is 1.39. The number of nitrogens with one attached hydrogen (secondary N) is 1. The molecule has 1 unspecified atom stereocenters. The summed E-state index contributed by atoms with van der Waals surface area (Å²) in [6.45, 7) is -0.118. The first kappa shape index (κ1) is 11.3. The fraction of sp³-hybridized carbons (Fsp3) is 0.182. The first-order valence-corrected chi connectivity index (χ1v) is 5.67. The molecule has 0 amide bonds. The third kappa shape index (κ3) is 2.32. The topological polar surface area (TPSA) is 74.9 Å². The number of hydrogen-bond acceptors (Lipinski definition) is 3. The average molecular weight is 282 g/mol. The Morgan fingerprint density at radius 2 is 2.06 bits per heavy atom. The lowest BCUT2D eigenvalue weighted by atomic mass is 10.2. The number of aliphatic hydroxyl groups is 1. The van der Waals surface area contributed by atoms with E-state index in [0.29, 0.717) is 5.82 Å². The highest BCUT2D eigenvalue weighted by Gasteiger charge is 2.09. The second-order valence-electron chi connectivity index (χ2n) is 3.48. The lowest BCUT2D eigenvalue weighted by molar-refractivity contribution is 0.264. The van der Waals surface area contributed by atoms with Crippen LogP contribution < -0.4 is 5.73 Å². The van der Waals surface area contributed by atoms with E-state index in [0.717, 1.165) is 15.7 Å². The van der Waals surface area contributed by atoms with E-state index in [-0.39, 0.29) is 6.61 Å². The highest BCUT2D eigenvalue weighted by molar-refractivity contribution is 9.10. The van der Waals surface area contributed by atoms with Crippen LogP contribution in [0.25, 0.3) is 11.3 Å². The quantitative estimate of drug-likeness (QED) is 0.804. The molecule has 0 aliphatic rings. The SMILES string of the molecule is NC(CO)c1ncc(-c2ccc(Br)cc2)[nH]1. The summed E-state index contributed by atoms with van der Waals surface area (Å²) >= 11 is 3.38. The zero-order valence-corrected chi connectivity index (χ0v) is 10.1. The van der Waals surface area contributed by atoms with E-state index in [1.54, 1.807) is 6.20 Å². The van der Waals surface area contributed by atoms with Crippen LogP contribution in [0, 0.1) is 0 Å². The summed E-state index contributed by atoms with van der Waals surface area (Å²) in [6, 6.07) is 7.42. The number of halogens is 1. The monoisotopic (exact) mass is 281 g/mol. The molecular weight excluding hydrogens is 270 g/mol. The summed E-state index contributed by atoms with van der Waals surface area (Å²) in [5.74, 6) is 0.598. The first-order valence-electron chi connectivity index (χ1n) is 4.88. The third-order valence-electron chi connectivity index (χ3n) is 2.30. The summed E-state index contributed by atoms with van der Waals surface area (Å²) in [4.78, 5) is 7.22. The van der Waals surface area contributed by atoms with Gasteiger partial charge in [0.25, 0.3) is 0 Å². The van der Waals surface area contributed by atoms with E-state index in [4.69, 9.17) is 10.8 Å². The highest BCUT2D eigenvalue weighted by Crippen LogP contribution is 2.20. The Bertz CT molecular complexity index is 466. The molecular formula is C11H12BrN3O. The van der Waals surface area contributed by atoms with Gasteiger partial charge in [-0.15, -0.1) is 0 Å². The summed E-state index contributed by atoms with van der Waals surface area (Å²) in [6.07, 6.45) is 1.72. The molecule has 2 aromatic rings. The molecule has 1 aromatic heterocycles. The molecule has 2 rings (SSSR count). The number of aromatic nitrogens is 2. The van der Waals surface area contributed by atoms with E-state index in [1.807, 2.05) is 24.3 Å². The second-order valence-corrected chi connectivity index (χ2v) is 4.39. The van der Waals surface area contributed by atoms with Crippen molar-refractivity contribution in [3.05, 3.63) is 40.8 Å². The summed E-state index contributed by atoms with van der Waals surface area (Å²) in [5.41, 5.74) is 7.59. The zero-order chi connectivity index (χ0) is 11.5. The molecule has 1 atom stereocenters. The summed E-state index contributed by atoms with van der Waals surface area (Å²) in [7, 11) is 0. The second kappa shape index (κ2) is 4.78. The highest BCUT2D eigenvalue weighted by atomic mass is 79.9. The molecule has 0 bridgehead atoms. The van der Waals surface area contributed by atoms with E-state index >= 15 is 0 Å². The van der Waals surface area contributed by atoms with Crippen LogP contribution in [0.4, 0.5) is 0 Å². The molecule has 0 saturated carbocycles. The van der Waals surface area contributed by atoms with Crippen LogP contribution >= 0.6 is 15.9 Å². The minimum absolute atomic E-state index is 0.118. The first-order chi connectivity index (χ1) is 7.70. The smallest absolute Gasteiger partial charge is 0.125 e. The minimum Gasteiger partial charge on any atom is -0.394 e. The van der Waals surface area contributed by atoms with Crippen LogP contribution in [0.15, 0.2) is 34.9 Å². The Hall–Kier alpha value is -1.17. The van der Waals surface area contributed by atoms with Gasteiger partial charge in [-0.1, -0.05) is 28.1 Å². The van der Waals surface area contributed by atoms with Gasteiger partial charge >= 0.3 is 0 Å². The van der Waals surface area contributed by atoms with E-state index in [2.05, 4.69) is 25.9 Å². The van der Waals surface area contributed by atoms with Crippen molar-refractivity contribution in [3.8, 4) is 11.3 Å². The van der Waals surface area contributed by atoms with Crippen molar-refractivity contribution in [1.29, 1.82) is 0 Å². The van der Waals surface area contributed by atoms with Gasteiger partial charge < -0.3 is 15.8 Å². The van der Waals surface area contributed by atoms with Crippen LogP contribution in [0.5, 0.6) is 0 Å². The largest absolute Gasteiger partial charge is 0.394 e. The maximum atomic E-state index is 8.91. The zero-order valence-electron chi connectivity index (χ0n) is 8.52. The molecule has 0 radical (unpaired) electrons. The van der Waals surface area contributed by atoms with Crippen LogP contribution in [0.1, 0.15) is 11.9 Å². The predicted octanol–water partition coefficient (Wildman–Crippen LogP) is 1.83. The van der Waals surface area contributed by atoms with Gasteiger partial charge in [-0.25, -0.2) is 4.98 Å². The Kier molecular flexibility index (Phi) is 3.38. The van der Waals surface area contributed by atoms with Crippen molar-refractivity contribution in [1.82, 2.24) is 9.97 Å². The summed E-state index contributed by atoms with van der Waals surface area (Å²) < 4.78 is 1.03. The van der Waals surface area contributed by atoms with Crippen LogP contribution in [0.3, 0.4) is 0 Å². The van der Waals surface area contributed by atoms with Crippen molar-refractivity contribution in [2.75, 3.05) is 6.61 Å². The molecule has 1 aromatic carbocycles. The van der Waals surface area contributed by atoms with Crippen LogP contribution in [-0.2, 0) is 0 Å². The van der Waals surface area contributed by atoms with Crippen LogP contribution in [-0.4, -0.2) is 21.7 Å². The van der Waals surface area contributed by atoms with E-state index < -0.39 is 6.04 Å². The lowest BCUT2D eigenvalue weighted by Crippen LogP contribution is -2.15. The Balaban J connectivity index is 2.28. The predicted molar refractivity (Wildman–Crippen MR) is 65.7 cm³/mol. The third-order valence-corrected chi connectivity index (χ3v) is 2.83. The van der Waals surface area contributed by atoms with Gasteiger partial charge in [-0.05, 0) is 17.7 Å². The number of benzene rings is 1. The van der Waals surface area contributed by atoms with E-state index in [1.165, 1.54) is 0 Å². The number of aromatic amines is 1. The van der Waals surface area contributed by atoms with Crippen molar-refractivity contribution in [3.63, 3.8) is 0 Å². The normalized spacial score (nSPS) is 12.7. The molecule has 0 fully saturated rings. The Labute approximate surface area is 102 Å². The van der Waals surface area contributed by atoms with Gasteiger partial charge in [0.1, 0.15) is 5.82 Å². The lowest BCUT2D eigenvalue weighted by Gasteiger charge is -2.03. The molecule has 84 valence electrons. The molecule has 1 heterocycles. The Morgan fingerprint density at radius 3 is 2.69 bits per heavy atom. The van der Waals surface area contributed by atoms with E-state index in [9.17, 15) is 0 Å². The van der Waals surface area contributed by atoms with Crippen molar-refractivity contribution < 1.29 is 5.11 Å². The van der Waals surface area contributed by atoms with Crippen LogP contribution in [0.2, 0.25) is 0 Å². The van der Waals surface area contributed by atoms with Crippen molar-refractivity contribution in [2.24, 2.45) is 5.73 Å². The molecule has 0 aliphatic carbocycles. The summed E-state index contributed by atoms with van der Waals surface area (Å²) in [5, 5.41) is 8.91. The number of nitrogens with zero attached hydrogens (tertiary/aromatic N) is 1. The molecule has 0 saturated heterocycles. The number of H-pyrrole nitrogens is 1. The molecule has 0 aliphatic heterocycles. The molecule has 5 heteroatoms. The maximum absolute atomic E-state index is 8.91. The number of aliphatic hydroxyl groups excluding tert-OH is 1. The Morgan fingerprint density at radius 1 is 1.38 bits per heavy atom. The van der Waals surface area contributed by atoms with Gasteiger partial charge in [0, 0.05) is 4.47 Å². The standard InChI is InChI=1S/C11H12BrN3O/c12-8-3-1-7(2-4-8)10-5-14-11(15-10)9(13)6-16/h1-5,9,16H,6,13H2,(H,14,15). The number of rotatable bonds is 3. The molecule has 0 spiro atoms.